The number of nitrogens with zero attached hydrogens (tertiary/aromatic N) is 2. The number of ether oxygens (including phenoxy) is 1. The van der Waals surface area contributed by atoms with Crippen molar-refractivity contribution in [3.05, 3.63) is 58.5 Å². The van der Waals surface area contributed by atoms with Crippen LogP contribution in [0.4, 0.5) is 11.4 Å². The van der Waals surface area contributed by atoms with Crippen molar-refractivity contribution < 1.29 is 9.53 Å². The molecule has 0 radical (unpaired) electrons. The van der Waals surface area contributed by atoms with Gasteiger partial charge in [-0.1, -0.05) is 17.7 Å². The number of nitrogens with two attached hydrogens (primary N) is 1. The molecule has 0 saturated heterocycles. The number of hydrogen-bond donors (Lipinski definition) is 2. The number of nitrogen functional groups attached to an aromatic ring is 1. The number of halogens is 1. The van der Waals surface area contributed by atoms with Gasteiger partial charge in [-0.3, -0.25) is 0 Å². The number of benzene rings is 1. The predicted octanol–water partition coefficient (Wildman–Crippen LogP) is 2.51. The molecule has 7 heteroatoms. The summed E-state index contributed by atoms with van der Waals surface area (Å²) >= 11 is 6.14. The monoisotopic (exact) mass is 328 g/mol. The van der Waals surface area contributed by atoms with Crippen LogP contribution in [-0.2, 0) is 9.53 Å². The molecule has 116 valence electrons. The van der Waals surface area contributed by atoms with Gasteiger partial charge in [-0.05, 0) is 30.3 Å². The SMILES string of the molecule is COC(=O)C1=Cc2ccc(N)cc2N=C(c2cccnc2Cl)N1. The number of nitrogens with one attached hydrogen (secondary N) is 1. The maximum atomic E-state index is 12.0. The second-order valence-corrected chi connectivity index (χ2v) is 5.15. The first-order valence-electron chi connectivity index (χ1n) is 6.74. The number of rotatable bonds is 2. The van der Waals surface area contributed by atoms with Crippen LogP contribution in [0.15, 0.2) is 47.2 Å². The molecule has 1 aliphatic rings. The Morgan fingerprint density at radius 2 is 2.17 bits per heavy atom. The third-order valence-electron chi connectivity index (χ3n) is 3.26. The minimum absolute atomic E-state index is 0.245. The number of pyridine rings is 1. The molecule has 2 heterocycles. The second-order valence-electron chi connectivity index (χ2n) is 4.80. The Morgan fingerprint density at radius 3 is 2.91 bits per heavy atom. The van der Waals surface area contributed by atoms with E-state index in [0.717, 1.165) is 5.56 Å². The summed E-state index contributed by atoms with van der Waals surface area (Å²) in [5, 5.41) is 3.23. The molecule has 1 aliphatic heterocycles. The Bertz CT molecular complexity index is 846. The number of carbonyl (C=O) groups is 1. The Kier molecular flexibility index (Phi) is 3.99. The average Bonchev–Trinajstić information content (AvgIpc) is 2.73. The van der Waals surface area contributed by atoms with Crippen molar-refractivity contribution in [2.75, 3.05) is 12.8 Å². The first-order valence-corrected chi connectivity index (χ1v) is 7.12. The average molecular weight is 329 g/mol. The number of methoxy groups -OCH3 is 1. The summed E-state index contributed by atoms with van der Waals surface area (Å²) in [7, 11) is 1.31. The van der Waals surface area contributed by atoms with Crippen LogP contribution in [0.1, 0.15) is 11.1 Å². The minimum atomic E-state index is -0.512. The van der Waals surface area contributed by atoms with E-state index in [0.29, 0.717) is 22.8 Å². The van der Waals surface area contributed by atoms with Gasteiger partial charge in [0.15, 0.2) is 0 Å². The number of aliphatic imine (C=N–C) groups is 1. The molecule has 0 aliphatic carbocycles. The van der Waals surface area contributed by atoms with E-state index in [9.17, 15) is 4.79 Å². The van der Waals surface area contributed by atoms with E-state index >= 15 is 0 Å². The highest BCUT2D eigenvalue weighted by Gasteiger charge is 2.20. The van der Waals surface area contributed by atoms with Crippen molar-refractivity contribution in [3.8, 4) is 0 Å². The molecule has 0 atom stereocenters. The van der Waals surface area contributed by atoms with Gasteiger partial charge < -0.3 is 15.8 Å². The molecule has 0 amide bonds. The van der Waals surface area contributed by atoms with E-state index < -0.39 is 5.97 Å². The highest BCUT2D eigenvalue weighted by molar-refractivity contribution is 6.33. The molecule has 2 aromatic rings. The fourth-order valence-corrected chi connectivity index (χ4v) is 2.37. The third-order valence-corrected chi connectivity index (χ3v) is 3.56. The van der Waals surface area contributed by atoms with Gasteiger partial charge in [-0.2, -0.15) is 0 Å². The topological polar surface area (TPSA) is 89.6 Å². The lowest BCUT2D eigenvalue weighted by Crippen LogP contribution is -2.28. The number of fused-ring (bicyclic) bond motifs is 1. The summed E-state index contributed by atoms with van der Waals surface area (Å²) in [5.41, 5.74) is 8.56. The van der Waals surface area contributed by atoms with Crippen molar-refractivity contribution in [3.63, 3.8) is 0 Å². The number of amidine groups is 1. The van der Waals surface area contributed by atoms with Gasteiger partial charge in [0.2, 0.25) is 0 Å². The van der Waals surface area contributed by atoms with Crippen LogP contribution < -0.4 is 11.1 Å². The van der Waals surface area contributed by atoms with E-state index in [-0.39, 0.29) is 10.9 Å². The summed E-state index contributed by atoms with van der Waals surface area (Å²) in [6.45, 7) is 0. The number of anilines is 1. The quantitative estimate of drug-likeness (QED) is 0.502. The zero-order chi connectivity index (χ0) is 16.4. The van der Waals surface area contributed by atoms with Crippen molar-refractivity contribution in [2.45, 2.75) is 0 Å². The lowest BCUT2D eigenvalue weighted by atomic mass is 10.1. The van der Waals surface area contributed by atoms with E-state index in [1.165, 1.54) is 7.11 Å². The van der Waals surface area contributed by atoms with Crippen molar-refractivity contribution in [2.24, 2.45) is 4.99 Å². The van der Waals surface area contributed by atoms with Crippen LogP contribution in [0.3, 0.4) is 0 Å². The van der Waals surface area contributed by atoms with Crippen LogP contribution in [0, 0.1) is 0 Å². The van der Waals surface area contributed by atoms with Crippen LogP contribution in [-0.4, -0.2) is 23.9 Å². The molecule has 3 N–H and O–H groups in total. The molecule has 6 nitrogen and oxygen atoms in total. The van der Waals surface area contributed by atoms with E-state index in [1.54, 1.807) is 42.6 Å². The largest absolute Gasteiger partial charge is 0.464 e. The molecule has 23 heavy (non-hydrogen) atoms. The van der Waals surface area contributed by atoms with Gasteiger partial charge in [0.05, 0.1) is 18.4 Å². The summed E-state index contributed by atoms with van der Waals surface area (Å²) in [6, 6.07) is 8.73. The van der Waals surface area contributed by atoms with Gasteiger partial charge in [0.1, 0.15) is 16.7 Å². The van der Waals surface area contributed by atoms with E-state index in [4.69, 9.17) is 22.1 Å². The molecular weight excluding hydrogens is 316 g/mol. The van der Waals surface area contributed by atoms with Crippen molar-refractivity contribution in [1.29, 1.82) is 0 Å². The molecule has 0 spiro atoms. The van der Waals surface area contributed by atoms with Crippen LogP contribution in [0.2, 0.25) is 5.15 Å². The zero-order valence-electron chi connectivity index (χ0n) is 12.2. The van der Waals surface area contributed by atoms with Gasteiger partial charge in [0.25, 0.3) is 0 Å². The Labute approximate surface area is 137 Å². The molecule has 1 aromatic carbocycles. The number of hydrogen-bond acceptors (Lipinski definition) is 6. The van der Waals surface area contributed by atoms with E-state index in [2.05, 4.69) is 15.3 Å². The maximum absolute atomic E-state index is 12.0. The van der Waals surface area contributed by atoms with Crippen LogP contribution in [0.5, 0.6) is 0 Å². The highest BCUT2D eigenvalue weighted by Crippen LogP contribution is 2.28. The Hall–Kier alpha value is -2.86. The maximum Gasteiger partial charge on any atom is 0.354 e. The second kappa shape index (κ2) is 6.10. The third kappa shape index (κ3) is 3.02. The predicted molar refractivity (Wildman–Crippen MR) is 89.4 cm³/mol. The summed E-state index contributed by atoms with van der Waals surface area (Å²) < 4.78 is 4.80. The summed E-state index contributed by atoms with van der Waals surface area (Å²) in [4.78, 5) is 20.5. The first-order chi connectivity index (χ1) is 11.1. The van der Waals surface area contributed by atoms with Gasteiger partial charge in [-0.15, -0.1) is 0 Å². The summed E-state index contributed by atoms with van der Waals surface area (Å²) in [6.07, 6.45) is 3.23. The van der Waals surface area contributed by atoms with Gasteiger partial charge in [0, 0.05) is 17.4 Å². The molecular formula is C16H13ClN4O2. The van der Waals surface area contributed by atoms with Crippen LogP contribution >= 0.6 is 11.6 Å². The van der Waals surface area contributed by atoms with Crippen LogP contribution in [0.25, 0.3) is 6.08 Å². The Morgan fingerprint density at radius 1 is 1.35 bits per heavy atom. The zero-order valence-corrected chi connectivity index (χ0v) is 13.0. The molecule has 3 rings (SSSR count). The number of esters is 1. The number of aromatic nitrogens is 1. The lowest BCUT2D eigenvalue weighted by molar-refractivity contribution is -0.136. The van der Waals surface area contributed by atoms with Gasteiger partial charge >= 0.3 is 5.97 Å². The normalized spacial score (nSPS) is 13.1. The smallest absolute Gasteiger partial charge is 0.354 e. The van der Waals surface area contributed by atoms with E-state index in [1.807, 2.05) is 0 Å². The molecule has 0 saturated carbocycles. The van der Waals surface area contributed by atoms with Crippen molar-refractivity contribution in [1.82, 2.24) is 10.3 Å². The fraction of sp³-hybridized carbons (Fsp3) is 0.0625. The highest BCUT2D eigenvalue weighted by atomic mass is 35.5. The standard InChI is InChI=1S/C16H13ClN4O2/c1-23-16(22)13-7-9-4-5-10(18)8-12(9)20-15(21-13)11-3-2-6-19-14(11)17/h2-8H,18H2,1H3,(H,20,21). The van der Waals surface area contributed by atoms with Crippen molar-refractivity contribution >= 4 is 40.9 Å². The molecule has 0 fully saturated rings. The first kappa shape index (κ1) is 15.1. The fourth-order valence-electron chi connectivity index (χ4n) is 2.16. The minimum Gasteiger partial charge on any atom is -0.464 e. The lowest BCUT2D eigenvalue weighted by Gasteiger charge is -2.10. The summed E-state index contributed by atoms with van der Waals surface area (Å²) in [5.74, 6) is -0.119. The molecule has 0 bridgehead atoms. The molecule has 1 aromatic heterocycles. The molecule has 0 unspecified atom stereocenters. The van der Waals surface area contributed by atoms with Gasteiger partial charge in [-0.25, -0.2) is 14.8 Å². The Balaban J connectivity index is 2.19. The number of carbonyl (C=O) groups excluding carboxylic acids is 1.